The second-order valence-electron chi connectivity index (χ2n) is 8.78. The van der Waals surface area contributed by atoms with E-state index in [-0.39, 0.29) is 19.8 Å². The first-order valence-corrected chi connectivity index (χ1v) is 12.0. The molecule has 1 fully saturated rings. The van der Waals surface area contributed by atoms with Gasteiger partial charge in [0.25, 0.3) is 5.92 Å². The molecule has 0 radical (unpaired) electrons. The lowest BCUT2D eigenvalue weighted by Crippen LogP contribution is -2.66. The first kappa shape index (κ1) is 26.0. The van der Waals surface area contributed by atoms with Crippen LogP contribution in [0.25, 0.3) is 0 Å². The van der Waals surface area contributed by atoms with E-state index in [1.165, 1.54) is 6.92 Å². The monoisotopic (exact) mass is 492 g/mol. The molecule has 6 heteroatoms. The predicted molar refractivity (Wildman–Crippen MR) is 133 cm³/mol. The van der Waals surface area contributed by atoms with Crippen molar-refractivity contribution in [3.05, 3.63) is 108 Å². The van der Waals surface area contributed by atoms with Crippen LogP contribution in [0, 0.1) is 17.8 Å². The summed E-state index contributed by atoms with van der Waals surface area (Å²) in [5.41, 5.74) is 2.50. The number of aliphatic hydroxyl groups excluding tert-OH is 1. The van der Waals surface area contributed by atoms with Gasteiger partial charge in [0.2, 0.25) is 0 Å². The Hall–Kier alpha value is -3.08. The Morgan fingerprint density at radius 3 is 1.47 bits per heavy atom. The highest BCUT2D eigenvalue weighted by Crippen LogP contribution is 2.43. The van der Waals surface area contributed by atoms with Crippen molar-refractivity contribution < 1.29 is 28.1 Å². The molecule has 0 amide bonds. The summed E-state index contributed by atoms with van der Waals surface area (Å²) < 4.78 is 49.4. The van der Waals surface area contributed by atoms with Gasteiger partial charge in [0.1, 0.15) is 30.3 Å². The van der Waals surface area contributed by atoms with Crippen LogP contribution < -0.4 is 0 Å². The summed E-state index contributed by atoms with van der Waals surface area (Å²) in [4.78, 5) is 0. The lowest BCUT2D eigenvalue weighted by molar-refractivity contribution is -0.286. The minimum atomic E-state index is -3.57. The largest absolute Gasteiger partial charge is 0.384 e. The van der Waals surface area contributed by atoms with E-state index in [1.54, 1.807) is 0 Å². The fourth-order valence-electron chi connectivity index (χ4n) is 4.38. The molecule has 5 atom stereocenters. The summed E-state index contributed by atoms with van der Waals surface area (Å²) in [5.74, 6) is 0.0429. The zero-order valence-electron chi connectivity index (χ0n) is 20.1. The highest BCUT2D eigenvalue weighted by molar-refractivity contribution is 5.20. The summed E-state index contributed by atoms with van der Waals surface area (Å²) >= 11 is 0. The molecule has 188 valence electrons. The zero-order chi connectivity index (χ0) is 25.4. The molecule has 4 nitrogen and oxygen atoms in total. The van der Waals surface area contributed by atoms with Gasteiger partial charge in [-0.05, 0) is 23.6 Å². The predicted octanol–water partition coefficient (Wildman–Crippen LogP) is 5.39. The van der Waals surface area contributed by atoms with Crippen molar-refractivity contribution in [2.45, 2.75) is 57.1 Å². The number of rotatable bonds is 9. The second-order valence-corrected chi connectivity index (χ2v) is 8.78. The molecule has 3 aromatic rings. The maximum Gasteiger partial charge on any atom is 0.292 e. The number of alkyl halides is 2. The van der Waals surface area contributed by atoms with Crippen LogP contribution in [0.4, 0.5) is 8.78 Å². The Morgan fingerprint density at radius 1 is 0.667 bits per heavy atom. The van der Waals surface area contributed by atoms with Gasteiger partial charge in [-0.25, -0.2) is 8.78 Å². The van der Waals surface area contributed by atoms with Gasteiger partial charge in [-0.15, -0.1) is 5.92 Å². The van der Waals surface area contributed by atoms with E-state index in [0.717, 1.165) is 16.7 Å². The standard InChI is InChI=1S/C30H30F2O4/c1-2-12-25-26(34-19-22-13-6-3-7-14-22)27(35-20-23-15-8-4-9-16-23)28(29(33)30(25,31)32)36-21-24-17-10-5-11-18-24/h3-11,13-18,25-29,33H,19-21H2,1H3/t25-,26-,27+,28+,29-/m1/s1. The molecular weight excluding hydrogens is 462 g/mol. The van der Waals surface area contributed by atoms with E-state index < -0.39 is 36.3 Å². The molecule has 0 aliphatic heterocycles. The molecule has 1 aliphatic rings. The fraction of sp³-hybridized carbons (Fsp3) is 0.333. The molecule has 4 rings (SSSR count). The maximum absolute atomic E-state index is 15.6. The summed E-state index contributed by atoms with van der Waals surface area (Å²) in [6.45, 7) is 1.77. The van der Waals surface area contributed by atoms with Crippen molar-refractivity contribution in [1.82, 2.24) is 0 Å². The molecule has 0 aromatic heterocycles. The molecule has 1 saturated carbocycles. The number of ether oxygens (including phenoxy) is 3. The smallest absolute Gasteiger partial charge is 0.292 e. The van der Waals surface area contributed by atoms with Gasteiger partial charge < -0.3 is 19.3 Å². The lowest BCUT2D eigenvalue weighted by Gasteiger charge is -2.47. The second kappa shape index (κ2) is 12.2. The van der Waals surface area contributed by atoms with Gasteiger partial charge in [-0.3, -0.25) is 0 Å². The van der Waals surface area contributed by atoms with E-state index in [1.807, 2.05) is 91.0 Å². The van der Waals surface area contributed by atoms with Crippen molar-refractivity contribution in [3.63, 3.8) is 0 Å². The summed E-state index contributed by atoms with van der Waals surface area (Å²) in [6, 6.07) is 27.9. The quantitative estimate of drug-likeness (QED) is 0.407. The summed E-state index contributed by atoms with van der Waals surface area (Å²) in [6.07, 6.45) is -5.58. The van der Waals surface area contributed by atoms with E-state index >= 15 is 8.78 Å². The van der Waals surface area contributed by atoms with Gasteiger partial charge in [-0.2, -0.15) is 0 Å². The van der Waals surface area contributed by atoms with Crippen LogP contribution in [0.5, 0.6) is 0 Å². The van der Waals surface area contributed by atoms with Crippen molar-refractivity contribution in [3.8, 4) is 11.8 Å². The van der Waals surface area contributed by atoms with Crippen molar-refractivity contribution in [2.24, 2.45) is 5.92 Å². The van der Waals surface area contributed by atoms with Crippen LogP contribution in [0.2, 0.25) is 0 Å². The summed E-state index contributed by atoms with van der Waals surface area (Å²) in [7, 11) is 0. The highest BCUT2D eigenvalue weighted by Gasteiger charge is 2.62. The molecule has 1 aliphatic carbocycles. The Bertz CT molecular complexity index is 1130. The van der Waals surface area contributed by atoms with Crippen LogP contribution in [0.1, 0.15) is 23.6 Å². The molecule has 0 heterocycles. The third-order valence-corrected chi connectivity index (χ3v) is 6.25. The van der Waals surface area contributed by atoms with E-state index in [0.29, 0.717) is 0 Å². The molecule has 0 spiro atoms. The van der Waals surface area contributed by atoms with Gasteiger partial charge in [0.15, 0.2) is 0 Å². The first-order valence-electron chi connectivity index (χ1n) is 12.0. The lowest BCUT2D eigenvalue weighted by atomic mass is 9.77. The Labute approximate surface area is 210 Å². The topological polar surface area (TPSA) is 47.9 Å². The Balaban J connectivity index is 1.65. The van der Waals surface area contributed by atoms with Crippen molar-refractivity contribution in [1.29, 1.82) is 0 Å². The highest BCUT2D eigenvalue weighted by atomic mass is 19.3. The van der Waals surface area contributed by atoms with Crippen LogP contribution in [0.15, 0.2) is 91.0 Å². The third-order valence-electron chi connectivity index (χ3n) is 6.25. The SMILES string of the molecule is CC#C[C@@H]1[C@@H](OCc2ccccc2)[C@H](OCc2ccccc2)[C@H](OCc2ccccc2)[C@@H](O)C1(F)F. The Kier molecular flexibility index (Phi) is 8.84. The molecule has 0 saturated heterocycles. The average Bonchev–Trinajstić information content (AvgIpc) is 2.91. The van der Waals surface area contributed by atoms with Gasteiger partial charge in [-0.1, -0.05) is 96.9 Å². The van der Waals surface area contributed by atoms with Crippen LogP contribution in [-0.2, 0) is 34.0 Å². The molecular formula is C30H30F2O4. The molecule has 3 aromatic carbocycles. The van der Waals surface area contributed by atoms with E-state index in [9.17, 15) is 5.11 Å². The van der Waals surface area contributed by atoms with Crippen LogP contribution >= 0.6 is 0 Å². The normalized spacial score (nSPS) is 25.1. The van der Waals surface area contributed by atoms with Crippen molar-refractivity contribution >= 4 is 0 Å². The minimum Gasteiger partial charge on any atom is -0.384 e. The Morgan fingerprint density at radius 2 is 1.06 bits per heavy atom. The molecule has 36 heavy (non-hydrogen) atoms. The zero-order valence-corrected chi connectivity index (χ0v) is 20.1. The van der Waals surface area contributed by atoms with E-state index in [4.69, 9.17) is 14.2 Å². The number of halogens is 2. The number of benzene rings is 3. The fourth-order valence-corrected chi connectivity index (χ4v) is 4.38. The minimum absolute atomic E-state index is 0.0410. The van der Waals surface area contributed by atoms with Gasteiger partial charge >= 0.3 is 0 Å². The van der Waals surface area contributed by atoms with Crippen LogP contribution in [0.3, 0.4) is 0 Å². The number of aliphatic hydroxyl groups is 1. The van der Waals surface area contributed by atoms with Gasteiger partial charge in [0.05, 0.1) is 19.8 Å². The molecule has 1 N–H and O–H groups in total. The maximum atomic E-state index is 15.6. The third kappa shape index (κ3) is 6.18. The molecule has 0 unspecified atom stereocenters. The number of hydrogen-bond acceptors (Lipinski definition) is 4. The van der Waals surface area contributed by atoms with E-state index in [2.05, 4.69) is 11.8 Å². The van der Waals surface area contributed by atoms with Crippen molar-refractivity contribution in [2.75, 3.05) is 0 Å². The number of hydrogen-bond donors (Lipinski definition) is 1. The molecule has 0 bridgehead atoms. The summed E-state index contributed by atoms with van der Waals surface area (Å²) in [5, 5.41) is 10.9. The first-order chi connectivity index (χ1) is 17.5. The van der Waals surface area contributed by atoms with Crippen LogP contribution in [-0.4, -0.2) is 35.4 Å². The average molecular weight is 493 g/mol. The van der Waals surface area contributed by atoms with Gasteiger partial charge in [0, 0.05) is 0 Å².